The highest BCUT2D eigenvalue weighted by molar-refractivity contribution is 5.77. The molecule has 1 saturated carbocycles. The molecule has 1 aliphatic carbocycles. The van der Waals surface area contributed by atoms with Gasteiger partial charge in [-0.3, -0.25) is 5.01 Å². The smallest absolute Gasteiger partial charge is 0.307 e. The molecule has 4 nitrogen and oxygen atoms in total. The number of hydrogen-bond donors (Lipinski definition) is 0. The van der Waals surface area contributed by atoms with Gasteiger partial charge in [0.15, 0.2) is 0 Å². The molecular formula is C15H21N3O. The fourth-order valence-electron chi connectivity index (χ4n) is 2.92. The summed E-state index contributed by atoms with van der Waals surface area (Å²) in [5.74, 6) is 0. The number of amidine groups is 1. The zero-order chi connectivity index (χ0) is 13.2. The second-order valence-electron chi connectivity index (χ2n) is 5.34. The van der Waals surface area contributed by atoms with Crippen LogP contribution in [0.1, 0.15) is 25.7 Å². The normalized spacial score (nSPS) is 30.0. The number of aliphatic imine (C=N–C) groups is 1. The third-order valence-corrected chi connectivity index (χ3v) is 4.14. The summed E-state index contributed by atoms with van der Waals surface area (Å²) in [6.07, 6.45) is 5.20. The number of benzene rings is 1. The Hall–Kier alpha value is -1.55. The van der Waals surface area contributed by atoms with Crippen molar-refractivity contribution < 1.29 is 4.74 Å². The first kappa shape index (κ1) is 12.5. The third kappa shape index (κ3) is 2.45. The summed E-state index contributed by atoms with van der Waals surface area (Å²) >= 11 is 0. The lowest BCUT2D eigenvalue weighted by atomic mass is 9.91. The molecule has 1 saturated heterocycles. The number of nitrogens with zero attached hydrogens (tertiary/aromatic N) is 3. The summed E-state index contributed by atoms with van der Waals surface area (Å²) in [6, 6.07) is 11.2. The Morgan fingerprint density at radius 2 is 1.84 bits per heavy atom. The SMILES string of the molecule is CN1C(=Nc2ccccc2)O[C@@H]2CCCC[C@@H]2N1C. The van der Waals surface area contributed by atoms with E-state index in [2.05, 4.69) is 17.0 Å². The van der Waals surface area contributed by atoms with Gasteiger partial charge in [-0.1, -0.05) is 24.6 Å². The minimum absolute atomic E-state index is 0.289. The van der Waals surface area contributed by atoms with Crippen molar-refractivity contribution in [2.75, 3.05) is 14.1 Å². The lowest BCUT2D eigenvalue weighted by molar-refractivity contribution is -0.0973. The van der Waals surface area contributed by atoms with E-state index < -0.39 is 0 Å². The van der Waals surface area contributed by atoms with Gasteiger partial charge in [-0.25, -0.2) is 5.01 Å². The van der Waals surface area contributed by atoms with Gasteiger partial charge in [0.05, 0.1) is 11.7 Å². The highest BCUT2D eigenvalue weighted by atomic mass is 16.5. The van der Waals surface area contributed by atoms with Crippen molar-refractivity contribution in [3.05, 3.63) is 30.3 Å². The molecule has 1 aromatic carbocycles. The van der Waals surface area contributed by atoms with Crippen molar-refractivity contribution in [1.82, 2.24) is 10.0 Å². The Balaban J connectivity index is 1.84. The second-order valence-corrected chi connectivity index (χ2v) is 5.34. The predicted molar refractivity (Wildman–Crippen MR) is 76.2 cm³/mol. The van der Waals surface area contributed by atoms with Crippen molar-refractivity contribution in [2.24, 2.45) is 4.99 Å². The molecule has 1 aliphatic heterocycles. The van der Waals surface area contributed by atoms with E-state index in [0.717, 1.165) is 12.1 Å². The van der Waals surface area contributed by atoms with Gasteiger partial charge in [-0.2, -0.15) is 4.99 Å². The minimum atomic E-state index is 0.289. The van der Waals surface area contributed by atoms with Gasteiger partial charge in [0.25, 0.3) is 0 Å². The number of para-hydroxylation sites is 1. The van der Waals surface area contributed by atoms with Crippen LogP contribution < -0.4 is 0 Å². The van der Waals surface area contributed by atoms with Crippen LogP contribution in [0.2, 0.25) is 0 Å². The van der Waals surface area contributed by atoms with E-state index in [1.54, 1.807) is 0 Å². The molecule has 4 heteroatoms. The fraction of sp³-hybridized carbons (Fsp3) is 0.533. The average Bonchev–Trinajstić information content (AvgIpc) is 2.46. The maximum Gasteiger partial charge on any atom is 0.307 e. The lowest BCUT2D eigenvalue weighted by Crippen LogP contribution is -2.59. The average molecular weight is 259 g/mol. The molecule has 0 N–H and O–H groups in total. The van der Waals surface area contributed by atoms with Crippen LogP contribution in [-0.4, -0.2) is 42.3 Å². The number of rotatable bonds is 1. The zero-order valence-electron chi connectivity index (χ0n) is 11.6. The Kier molecular flexibility index (Phi) is 3.42. The molecule has 19 heavy (non-hydrogen) atoms. The van der Waals surface area contributed by atoms with Crippen molar-refractivity contribution >= 4 is 11.7 Å². The first-order valence-electron chi connectivity index (χ1n) is 7.02. The summed E-state index contributed by atoms with van der Waals surface area (Å²) in [6.45, 7) is 0. The summed E-state index contributed by atoms with van der Waals surface area (Å²) < 4.78 is 6.11. The minimum Gasteiger partial charge on any atom is -0.459 e. The van der Waals surface area contributed by atoms with Crippen molar-refractivity contribution in [1.29, 1.82) is 0 Å². The van der Waals surface area contributed by atoms with Gasteiger partial charge in [0.1, 0.15) is 6.10 Å². The van der Waals surface area contributed by atoms with Gasteiger partial charge in [-0.05, 0) is 31.4 Å². The number of fused-ring (bicyclic) bond motifs is 1. The van der Waals surface area contributed by atoms with Crippen LogP contribution in [0.3, 0.4) is 0 Å². The van der Waals surface area contributed by atoms with Gasteiger partial charge in [0, 0.05) is 14.1 Å². The highest BCUT2D eigenvalue weighted by Gasteiger charge is 2.38. The zero-order valence-corrected chi connectivity index (χ0v) is 11.6. The van der Waals surface area contributed by atoms with Crippen molar-refractivity contribution in [3.8, 4) is 0 Å². The van der Waals surface area contributed by atoms with Crippen LogP contribution in [0.15, 0.2) is 35.3 Å². The van der Waals surface area contributed by atoms with E-state index in [9.17, 15) is 0 Å². The largest absolute Gasteiger partial charge is 0.459 e. The van der Waals surface area contributed by atoms with Gasteiger partial charge in [-0.15, -0.1) is 0 Å². The van der Waals surface area contributed by atoms with E-state index in [1.807, 2.05) is 42.4 Å². The number of hydrogen-bond acceptors (Lipinski definition) is 3. The molecule has 0 unspecified atom stereocenters. The Bertz CT molecular complexity index is 458. The fourth-order valence-corrected chi connectivity index (χ4v) is 2.92. The van der Waals surface area contributed by atoms with Crippen LogP contribution in [-0.2, 0) is 4.74 Å². The van der Waals surface area contributed by atoms with Crippen molar-refractivity contribution in [2.45, 2.75) is 37.8 Å². The Labute approximate surface area is 114 Å². The van der Waals surface area contributed by atoms with Crippen LogP contribution in [0, 0.1) is 0 Å². The Morgan fingerprint density at radius 1 is 1.11 bits per heavy atom. The van der Waals surface area contributed by atoms with E-state index in [4.69, 9.17) is 4.74 Å². The molecule has 1 heterocycles. The molecule has 3 rings (SSSR count). The monoisotopic (exact) mass is 259 g/mol. The quantitative estimate of drug-likeness (QED) is 0.776. The molecule has 0 bridgehead atoms. The first-order valence-corrected chi connectivity index (χ1v) is 7.02. The number of hydrazine groups is 1. The molecule has 102 valence electrons. The van der Waals surface area contributed by atoms with Crippen LogP contribution >= 0.6 is 0 Å². The highest BCUT2D eigenvalue weighted by Crippen LogP contribution is 2.30. The molecule has 1 aromatic rings. The number of likely N-dealkylation sites (N-methyl/N-ethyl adjacent to an activating group) is 1. The maximum atomic E-state index is 6.11. The van der Waals surface area contributed by atoms with Crippen LogP contribution in [0.4, 0.5) is 5.69 Å². The predicted octanol–water partition coefficient (Wildman–Crippen LogP) is 2.79. The first-order chi connectivity index (χ1) is 9.25. The molecule has 0 radical (unpaired) electrons. The van der Waals surface area contributed by atoms with Gasteiger partial charge < -0.3 is 4.74 Å². The van der Waals surface area contributed by atoms with Crippen LogP contribution in [0.5, 0.6) is 0 Å². The van der Waals surface area contributed by atoms with E-state index in [-0.39, 0.29) is 6.10 Å². The van der Waals surface area contributed by atoms with E-state index in [1.165, 1.54) is 19.3 Å². The molecule has 0 aromatic heterocycles. The summed E-state index contributed by atoms with van der Waals surface area (Å²) in [7, 11) is 4.15. The van der Waals surface area contributed by atoms with Gasteiger partial charge in [0.2, 0.25) is 0 Å². The summed E-state index contributed by atoms with van der Waals surface area (Å²) in [5, 5.41) is 4.30. The summed E-state index contributed by atoms with van der Waals surface area (Å²) in [5.41, 5.74) is 0.937. The molecule has 0 amide bonds. The molecule has 0 spiro atoms. The summed E-state index contributed by atoms with van der Waals surface area (Å²) in [4.78, 5) is 4.62. The van der Waals surface area contributed by atoms with E-state index >= 15 is 0 Å². The van der Waals surface area contributed by atoms with E-state index in [0.29, 0.717) is 12.1 Å². The van der Waals surface area contributed by atoms with Gasteiger partial charge >= 0.3 is 6.02 Å². The second kappa shape index (κ2) is 5.21. The Morgan fingerprint density at radius 3 is 2.63 bits per heavy atom. The molecule has 2 atom stereocenters. The topological polar surface area (TPSA) is 28.1 Å². The lowest BCUT2D eigenvalue weighted by Gasteiger charge is -2.47. The molecule has 2 aliphatic rings. The number of ether oxygens (including phenoxy) is 1. The third-order valence-electron chi connectivity index (χ3n) is 4.14. The standard InChI is InChI=1S/C15H21N3O/c1-17-13-10-6-7-11-14(13)19-15(18(17)2)16-12-8-4-3-5-9-12/h3-5,8-9,13-14H,6-7,10-11H2,1-2H3/t13-,14+/m0/s1. The molecule has 2 fully saturated rings. The molecular weight excluding hydrogens is 238 g/mol. The maximum absolute atomic E-state index is 6.11. The van der Waals surface area contributed by atoms with Crippen molar-refractivity contribution in [3.63, 3.8) is 0 Å². The van der Waals surface area contributed by atoms with Crippen LogP contribution in [0.25, 0.3) is 0 Å².